The number of hydrogen-bond donors (Lipinski definition) is 4. The lowest BCUT2D eigenvalue weighted by Gasteiger charge is -2.42. The molecule has 6 N–H and O–H groups in total. The lowest BCUT2D eigenvalue weighted by atomic mass is 9.66. The molecule has 8 nitrogen and oxygen atoms in total. The number of piperidine rings is 2. The van der Waals surface area contributed by atoms with Crippen LogP contribution in [-0.4, -0.2) is 60.1 Å². The second kappa shape index (κ2) is 8.86. The van der Waals surface area contributed by atoms with Gasteiger partial charge in [0.05, 0.1) is 11.3 Å². The molecule has 0 bridgehead atoms. The largest absolute Gasteiger partial charge is 0.328 e. The molecule has 2 heterocycles. The summed E-state index contributed by atoms with van der Waals surface area (Å²) in [5.74, 6) is -0.351. The smallest absolute Gasteiger partial charge is 0.241 e. The first-order valence-electron chi connectivity index (χ1n) is 10.5. The van der Waals surface area contributed by atoms with Crippen molar-refractivity contribution in [3.05, 3.63) is 0 Å². The highest BCUT2D eigenvalue weighted by atomic mass is 16.2. The maximum atomic E-state index is 13.1. The predicted octanol–water partition coefficient (Wildman–Crippen LogP) is 0.0915. The zero-order chi connectivity index (χ0) is 19.4. The van der Waals surface area contributed by atoms with Crippen LogP contribution in [0.4, 0.5) is 0 Å². The van der Waals surface area contributed by atoms with Crippen LogP contribution in [0.2, 0.25) is 0 Å². The number of rotatable bonds is 4. The van der Waals surface area contributed by atoms with Crippen LogP contribution in [-0.2, 0) is 9.59 Å². The maximum Gasteiger partial charge on any atom is 0.241 e. The lowest BCUT2D eigenvalue weighted by Crippen LogP contribution is -2.58. The normalized spacial score (nSPS) is 32.2. The minimum atomic E-state index is -0.673. The van der Waals surface area contributed by atoms with E-state index in [0.29, 0.717) is 0 Å². The van der Waals surface area contributed by atoms with Gasteiger partial charge in [-0.15, -0.1) is 0 Å². The molecule has 2 atom stereocenters. The monoisotopic (exact) mass is 380 g/mol. The molecule has 1 saturated carbocycles. The molecule has 3 rings (SSSR count). The number of nitrogens with two attached hydrogens (primary N) is 2. The van der Waals surface area contributed by atoms with Gasteiger partial charge in [-0.05, 0) is 45.4 Å². The van der Waals surface area contributed by atoms with E-state index in [1.807, 2.05) is 16.9 Å². The van der Waals surface area contributed by atoms with Crippen molar-refractivity contribution in [2.24, 2.45) is 22.8 Å². The summed E-state index contributed by atoms with van der Waals surface area (Å²) in [6.07, 6.45) is 7.03. The third-order valence-electron chi connectivity index (χ3n) is 6.65. The number of carbonyl (C=O) groups excluding carboxylic acids is 2. The minimum Gasteiger partial charge on any atom is -0.328 e. The van der Waals surface area contributed by atoms with Crippen molar-refractivity contribution in [3.8, 4) is 0 Å². The highest BCUT2D eigenvalue weighted by Crippen LogP contribution is 2.41. The molecule has 154 valence electrons. The Morgan fingerprint density at radius 1 is 0.852 bits per heavy atom. The summed E-state index contributed by atoms with van der Waals surface area (Å²) < 4.78 is 0. The molecule has 1 aliphatic carbocycles. The second-order valence-corrected chi connectivity index (χ2v) is 8.78. The van der Waals surface area contributed by atoms with Crippen LogP contribution in [0, 0.1) is 11.3 Å². The molecule has 0 aromatic carbocycles. The third-order valence-corrected chi connectivity index (χ3v) is 6.65. The highest BCUT2D eigenvalue weighted by Gasteiger charge is 2.47. The summed E-state index contributed by atoms with van der Waals surface area (Å²) in [6, 6.07) is 0.446. The van der Waals surface area contributed by atoms with E-state index in [-0.39, 0.29) is 29.8 Å². The topological polar surface area (TPSA) is 117 Å². The van der Waals surface area contributed by atoms with E-state index < -0.39 is 5.41 Å². The minimum absolute atomic E-state index is 0.0245. The molecule has 2 unspecified atom stereocenters. The molecule has 3 aliphatic rings. The summed E-state index contributed by atoms with van der Waals surface area (Å²) >= 11 is 0. The molecular weight excluding hydrogens is 344 g/mol. The lowest BCUT2D eigenvalue weighted by molar-refractivity contribution is -0.150. The van der Waals surface area contributed by atoms with Crippen LogP contribution in [0.1, 0.15) is 58.3 Å². The first-order chi connectivity index (χ1) is 12.9. The fourth-order valence-electron chi connectivity index (χ4n) is 4.55. The summed E-state index contributed by atoms with van der Waals surface area (Å²) in [5.41, 5.74) is 17.4. The van der Waals surface area contributed by atoms with Gasteiger partial charge in [-0.3, -0.25) is 20.4 Å². The highest BCUT2D eigenvalue weighted by molar-refractivity contribution is 5.90. The molecule has 0 spiro atoms. The number of hydrazine groups is 2. The maximum absolute atomic E-state index is 13.1. The molecule has 0 aromatic heterocycles. The Kier molecular flexibility index (Phi) is 6.73. The standard InChI is InChI=1S/C19H36N6O2/c1-19(18(27)23-25-12-7-15(21)8-13-25)9-3-2-4-16(19)17(26)22-24-10-5-14(20)6-11-24/h14-16H,2-13,20-21H2,1H3,(H,22,26)(H,23,27). The van der Waals surface area contributed by atoms with E-state index in [2.05, 4.69) is 10.9 Å². The van der Waals surface area contributed by atoms with Gasteiger partial charge in [0.25, 0.3) is 0 Å². The molecule has 27 heavy (non-hydrogen) atoms. The number of hydrogen-bond acceptors (Lipinski definition) is 6. The Morgan fingerprint density at radius 3 is 1.93 bits per heavy atom. The average Bonchev–Trinajstić information content (AvgIpc) is 2.65. The molecule has 0 radical (unpaired) electrons. The van der Waals surface area contributed by atoms with Crippen LogP contribution in [0.3, 0.4) is 0 Å². The number of nitrogens with one attached hydrogen (secondary N) is 2. The Balaban J connectivity index is 1.60. The third kappa shape index (κ3) is 4.99. The van der Waals surface area contributed by atoms with Gasteiger partial charge in [-0.25, -0.2) is 10.0 Å². The molecule has 2 aliphatic heterocycles. The van der Waals surface area contributed by atoms with Crippen molar-refractivity contribution in [3.63, 3.8) is 0 Å². The van der Waals surface area contributed by atoms with E-state index in [1.165, 1.54) is 0 Å². The number of carbonyl (C=O) groups is 2. The van der Waals surface area contributed by atoms with E-state index >= 15 is 0 Å². The number of amides is 2. The summed E-state index contributed by atoms with van der Waals surface area (Å²) in [6.45, 7) is 5.04. The van der Waals surface area contributed by atoms with Crippen LogP contribution < -0.4 is 22.3 Å². The fourth-order valence-corrected chi connectivity index (χ4v) is 4.55. The van der Waals surface area contributed by atoms with Crippen molar-refractivity contribution in [1.82, 2.24) is 20.9 Å². The zero-order valence-electron chi connectivity index (χ0n) is 16.6. The SMILES string of the molecule is CC1(C(=O)NN2CCC(N)CC2)CCCCC1C(=O)NN1CCC(N)CC1. The quantitative estimate of drug-likeness (QED) is 0.549. The molecule has 3 fully saturated rings. The second-order valence-electron chi connectivity index (χ2n) is 8.78. The summed E-state index contributed by atoms with van der Waals surface area (Å²) in [7, 11) is 0. The van der Waals surface area contributed by atoms with Crippen molar-refractivity contribution >= 4 is 11.8 Å². The van der Waals surface area contributed by atoms with E-state index in [9.17, 15) is 9.59 Å². The van der Waals surface area contributed by atoms with Crippen LogP contribution >= 0.6 is 0 Å². The van der Waals surface area contributed by atoms with E-state index in [4.69, 9.17) is 11.5 Å². The Hall–Kier alpha value is -1.22. The molecule has 2 saturated heterocycles. The van der Waals surface area contributed by atoms with Crippen molar-refractivity contribution < 1.29 is 9.59 Å². The summed E-state index contributed by atoms with van der Waals surface area (Å²) in [4.78, 5) is 26.1. The molecule has 8 heteroatoms. The van der Waals surface area contributed by atoms with E-state index in [0.717, 1.165) is 77.5 Å². The summed E-state index contributed by atoms with van der Waals surface area (Å²) in [5, 5.41) is 3.93. The molecular formula is C19H36N6O2. The van der Waals surface area contributed by atoms with Gasteiger partial charge in [-0.2, -0.15) is 0 Å². The van der Waals surface area contributed by atoms with Gasteiger partial charge in [0, 0.05) is 38.3 Å². The first-order valence-corrected chi connectivity index (χ1v) is 10.5. The van der Waals surface area contributed by atoms with Gasteiger partial charge in [0.2, 0.25) is 11.8 Å². The van der Waals surface area contributed by atoms with Crippen LogP contribution in [0.15, 0.2) is 0 Å². The predicted molar refractivity (Wildman–Crippen MR) is 104 cm³/mol. The fraction of sp³-hybridized carbons (Fsp3) is 0.895. The van der Waals surface area contributed by atoms with Crippen molar-refractivity contribution in [2.75, 3.05) is 26.2 Å². The zero-order valence-corrected chi connectivity index (χ0v) is 16.6. The van der Waals surface area contributed by atoms with Gasteiger partial charge in [0.15, 0.2) is 0 Å². The van der Waals surface area contributed by atoms with E-state index in [1.54, 1.807) is 0 Å². The van der Waals surface area contributed by atoms with Crippen molar-refractivity contribution in [1.29, 1.82) is 0 Å². The molecule has 2 amide bonds. The Bertz CT molecular complexity index is 528. The van der Waals surface area contributed by atoms with Gasteiger partial charge in [0.1, 0.15) is 0 Å². The number of nitrogens with zero attached hydrogens (tertiary/aromatic N) is 2. The average molecular weight is 381 g/mol. The van der Waals surface area contributed by atoms with Gasteiger partial charge < -0.3 is 11.5 Å². The van der Waals surface area contributed by atoms with Gasteiger partial charge in [-0.1, -0.05) is 12.8 Å². The Morgan fingerprint density at radius 2 is 1.37 bits per heavy atom. The van der Waals surface area contributed by atoms with Gasteiger partial charge >= 0.3 is 0 Å². The molecule has 0 aromatic rings. The van der Waals surface area contributed by atoms with Crippen LogP contribution in [0.5, 0.6) is 0 Å². The first kappa shape index (κ1) is 20.5. The van der Waals surface area contributed by atoms with Crippen molar-refractivity contribution in [2.45, 2.75) is 70.4 Å². The Labute approximate surface area is 162 Å². The van der Waals surface area contributed by atoms with Crippen LogP contribution in [0.25, 0.3) is 0 Å².